The Hall–Kier alpha value is -2.36. The highest BCUT2D eigenvalue weighted by atomic mass is 28.4. The first kappa shape index (κ1) is 34.7. The van der Waals surface area contributed by atoms with Crippen LogP contribution in [0.5, 0.6) is 5.75 Å². The van der Waals surface area contributed by atoms with E-state index in [-0.39, 0.29) is 24.7 Å². The molecule has 0 spiro atoms. The van der Waals surface area contributed by atoms with Crippen molar-refractivity contribution in [2.24, 2.45) is 0 Å². The lowest BCUT2D eigenvalue weighted by atomic mass is 10.1. The Morgan fingerprint density at radius 3 is 1.90 bits per heavy atom. The molecule has 0 amide bonds. The molecule has 39 heavy (non-hydrogen) atoms. The summed E-state index contributed by atoms with van der Waals surface area (Å²) in [7, 11) is -2.00. The molecule has 0 unspecified atom stereocenters. The predicted octanol–water partition coefficient (Wildman–Crippen LogP) is 6.28. The molecular weight excluding hydrogens is 514 g/mol. The van der Waals surface area contributed by atoms with E-state index in [2.05, 4.69) is 40.4 Å². The molecule has 0 fully saturated rings. The normalized spacial score (nSPS) is 12.6. The first-order valence-corrected chi connectivity index (χ1v) is 16.4. The summed E-state index contributed by atoms with van der Waals surface area (Å²) in [6.45, 7) is 26.6. The van der Waals surface area contributed by atoms with Crippen molar-refractivity contribution in [2.45, 2.75) is 98.3 Å². The van der Waals surface area contributed by atoms with Gasteiger partial charge in [-0.25, -0.2) is 0 Å². The maximum atomic E-state index is 12.9. The van der Waals surface area contributed by atoms with Crippen molar-refractivity contribution in [3.8, 4) is 5.75 Å². The summed E-state index contributed by atoms with van der Waals surface area (Å²) in [6.07, 6.45) is 1.67. The van der Waals surface area contributed by atoms with Crippen LogP contribution in [0.3, 0.4) is 0 Å². The molecule has 0 bridgehead atoms. The number of carbonyl (C=O) groups excluding carboxylic acids is 2. The Labute approximate surface area is 237 Å². The number of benzene rings is 1. The molecule has 0 N–H and O–H groups in total. The van der Waals surface area contributed by atoms with Crippen molar-refractivity contribution in [1.82, 2.24) is 0 Å². The first-order valence-electron chi connectivity index (χ1n) is 13.5. The van der Waals surface area contributed by atoms with Gasteiger partial charge in [0.2, 0.25) is 0 Å². The summed E-state index contributed by atoms with van der Waals surface area (Å²) < 4.78 is 29.1. The van der Waals surface area contributed by atoms with Gasteiger partial charge in [0.05, 0.1) is 25.5 Å². The standard InChI is InChI=1S/C30H51NO7Si/c1-13-16-34-17-18-35-25-15-14-23(22-36-39(11,12)30(8,9)10)19-24(25)31(20-26(32)37-28(2,3)4)21-27(33)38-29(5,6)7/h13-15,19H,1,16-18,20-22H2,2-12H3. The van der Waals surface area contributed by atoms with Gasteiger partial charge in [0.15, 0.2) is 8.32 Å². The molecule has 0 aliphatic heterocycles. The zero-order valence-electron chi connectivity index (χ0n) is 26.1. The smallest absolute Gasteiger partial charge is 0.326 e. The van der Waals surface area contributed by atoms with Crippen LogP contribution in [0.1, 0.15) is 67.9 Å². The Balaban J connectivity index is 3.40. The summed E-state index contributed by atoms with van der Waals surface area (Å²) in [5.74, 6) is -0.413. The molecule has 0 aliphatic carbocycles. The average molecular weight is 566 g/mol. The van der Waals surface area contributed by atoms with Crippen LogP contribution >= 0.6 is 0 Å². The summed E-state index contributed by atoms with van der Waals surface area (Å²) >= 11 is 0. The Morgan fingerprint density at radius 1 is 0.897 bits per heavy atom. The van der Waals surface area contributed by atoms with Crippen LogP contribution in [0.4, 0.5) is 5.69 Å². The van der Waals surface area contributed by atoms with Gasteiger partial charge in [-0.05, 0) is 77.4 Å². The highest BCUT2D eigenvalue weighted by Gasteiger charge is 2.37. The van der Waals surface area contributed by atoms with Crippen LogP contribution < -0.4 is 9.64 Å². The van der Waals surface area contributed by atoms with Crippen molar-refractivity contribution >= 4 is 25.9 Å². The molecule has 8 nitrogen and oxygen atoms in total. The Kier molecular flexibility index (Phi) is 12.7. The minimum atomic E-state index is -2.00. The number of esters is 2. The second-order valence-electron chi connectivity index (χ2n) is 13.1. The van der Waals surface area contributed by atoms with Crippen LogP contribution in [0.15, 0.2) is 30.9 Å². The van der Waals surface area contributed by atoms with Crippen LogP contribution in [0.25, 0.3) is 0 Å². The average Bonchev–Trinajstić information content (AvgIpc) is 2.74. The maximum Gasteiger partial charge on any atom is 0.326 e. The van der Waals surface area contributed by atoms with E-state index in [9.17, 15) is 9.59 Å². The van der Waals surface area contributed by atoms with Gasteiger partial charge in [0.1, 0.15) is 36.6 Å². The van der Waals surface area contributed by atoms with Crippen molar-refractivity contribution in [2.75, 3.05) is 37.8 Å². The van der Waals surface area contributed by atoms with Crippen LogP contribution in [-0.2, 0) is 34.8 Å². The van der Waals surface area contributed by atoms with Gasteiger partial charge < -0.3 is 28.3 Å². The van der Waals surface area contributed by atoms with Crippen LogP contribution in [-0.4, -0.2) is 64.4 Å². The van der Waals surface area contributed by atoms with Gasteiger partial charge in [-0.1, -0.05) is 32.9 Å². The number of nitrogens with zero attached hydrogens (tertiary/aromatic N) is 1. The molecule has 222 valence electrons. The first-order chi connectivity index (χ1) is 17.7. The van der Waals surface area contributed by atoms with E-state index in [1.54, 1.807) is 52.5 Å². The highest BCUT2D eigenvalue weighted by molar-refractivity contribution is 6.74. The molecule has 1 aromatic rings. The van der Waals surface area contributed by atoms with Crippen molar-refractivity contribution in [3.05, 3.63) is 36.4 Å². The molecule has 0 atom stereocenters. The Bertz CT molecular complexity index is 926. The maximum absolute atomic E-state index is 12.9. The molecule has 9 heteroatoms. The number of carbonyl (C=O) groups is 2. The summed E-state index contributed by atoms with van der Waals surface area (Å²) in [4.78, 5) is 27.4. The monoisotopic (exact) mass is 565 g/mol. The van der Waals surface area contributed by atoms with Crippen LogP contribution in [0.2, 0.25) is 18.1 Å². The van der Waals surface area contributed by atoms with Gasteiger partial charge in [-0.15, -0.1) is 6.58 Å². The summed E-state index contributed by atoms with van der Waals surface area (Å²) in [6, 6.07) is 5.68. The predicted molar refractivity (Wildman–Crippen MR) is 159 cm³/mol. The fourth-order valence-corrected chi connectivity index (χ4v) is 4.13. The number of rotatable bonds is 14. The second-order valence-corrected chi connectivity index (χ2v) is 17.9. The minimum Gasteiger partial charge on any atom is -0.489 e. The third kappa shape index (κ3) is 13.5. The van der Waals surface area contributed by atoms with Gasteiger partial charge in [-0.2, -0.15) is 0 Å². The molecule has 0 saturated heterocycles. The molecule has 0 aliphatic rings. The minimum absolute atomic E-state index is 0.0593. The van der Waals surface area contributed by atoms with Crippen LogP contribution in [0, 0.1) is 0 Å². The number of ether oxygens (including phenoxy) is 4. The molecular formula is C30H51NO7Si. The second kappa shape index (κ2) is 14.3. The van der Waals surface area contributed by atoms with Crippen molar-refractivity contribution < 1.29 is 33.0 Å². The lowest BCUT2D eigenvalue weighted by Gasteiger charge is -2.36. The largest absolute Gasteiger partial charge is 0.489 e. The number of hydrogen-bond acceptors (Lipinski definition) is 8. The molecule has 0 radical (unpaired) electrons. The van der Waals surface area contributed by atoms with Gasteiger partial charge in [0, 0.05) is 0 Å². The molecule has 1 aromatic carbocycles. The van der Waals surface area contributed by atoms with E-state index in [1.807, 2.05) is 18.2 Å². The zero-order chi connectivity index (χ0) is 30.1. The summed E-state index contributed by atoms with van der Waals surface area (Å²) in [5.41, 5.74) is 0.139. The SMILES string of the molecule is C=CCOCCOc1ccc(CO[Si](C)(C)C(C)(C)C)cc1N(CC(=O)OC(C)(C)C)CC(=O)OC(C)(C)C. The third-order valence-corrected chi connectivity index (χ3v) is 10.4. The van der Waals surface area contributed by atoms with Crippen molar-refractivity contribution in [1.29, 1.82) is 0 Å². The quantitative estimate of drug-likeness (QED) is 0.113. The van der Waals surface area contributed by atoms with E-state index < -0.39 is 31.5 Å². The molecule has 0 heterocycles. The molecule has 0 saturated carbocycles. The van der Waals surface area contributed by atoms with E-state index in [0.29, 0.717) is 31.3 Å². The van der Waals surface area contributed by atoms with E-state index in [0.717, 1.165) is 5.56 Å². The van der Waals surface area contributed by atoms with Crippen molar-refractivity contribution in [3.63, 3.8) is 0 Å². The number of anilines is 1. The fourth-order valence-electron chi connectivity index (χ4n) is 3.16. The van der Waals surface area contributed by atoms with E-state index in [1.165, 1.54) is 0 Å². The lowest BCUT2D eigenvalue weighted by Crippen LogP contribution is -2.41. The summed E-state index contributed by atoms with van der Waals surface area (Å²) in [5, 5.41) is 0.0593. The molecule has 1 rings (SSSR count). The number of hydrogen-bond donors (Lipinski definition) is 0. The lowest BCUT2D eigenvalue weighted by molar-refractivity contribution is -0.154. The third-order valence-electron chi connectivity index (χ3n) is 5.97. The topological polar surface area (TPSA) is 83.5 Å². The Morgan fingerprint density at radius 2 is 1.44 bits per heavy atom. The zero-order valence-corrected chi connectivity index (χ0v) is 27.1. The van der Waals surface area contributed by atoms with Gasteiger partial charge in [-0.3, -0.25) is 9.59 Å². The fraction of sp³-hybridized carbons (Fsp3) is 0.667. The van der Waals surface area contributed by atoms with E-state index in [4.69, 9.17) is 23.4 Å². The highest BCUT2D eigenvalue weighted by Crippen LogP contribution is 2.38. The van der Waals surface area contributed by atoms with Gasteiger partial charge in [0.25, 0.3) is 0 Å². The van der Waals surface area contributed by atoms with Gasteiger partial charge >= 0.3 is 11.9 Å². The molecule has 0 aromatic heterocycles. The van der Waals surface area contributed by atoms with E-state index >= 15 is 0 Å².